The van der Waals surface area contributed by atoms with Gasteiger partial charge in [-0.05, 0) is 19.4 Å². The highest BCUT2D eigenvalue weighted by molar-refractivity contribution is 6.22. The Morgan fingerprint density at radius 3 is 2.69 bits per heavy atom. The first-order valence-electron chi connectivity index (χ1n) is 4.08. The molecule has 3 nitrogen and oxygen atoms in total. The zero-order valence-corrected chi connectivity index (χ0v) is 8.47. The quantitative estimate of drug-likeness (QED) is 0.303. The number of nitriles is 1. The molecule has 1 unspecified atom stereocenters. The molecule has 0 radical (unpaired) electrons. The lowest BCUT2D eigenvalue weighted by molar-refractivity contribution is -0.138. The molecule has 0 aromatic heterocycles. The van der Waals surface area contributed by atoms with E-state index in [1.165, 1.54) is 6.08 Å². The van der Waals surface area contributed by atoms with Crippen LogP contribution >= 0.6 is 11.6 Å². The van der Waals surface area contributed by atoms with Crippen LogP contribution in [-0.4, -0.2) is 18.0 Å². The Hall–Kier alpha value is -1.01. The number of ether oxygens (including phenoxy) is 1. The number of halogens is 1. The second-order valence-electron chi connectivity index (χ2n) is 2.34. The number of hydrogen-bond donors (Lipinski definition) is 0. The smallest absolute Gasteiger partial charge is 0.348 e. The fourth-order valence-electron chi connectivity index (χ4n) is 0.658. The van der Waals surface area contributed by atoms with Gasteiger partial charge < -0.3 is 4.74 Å². The number of nitrogens with zero attached hydrogens (tertiary/aromatic N) is 1. The number of alkyl halides is 1. The minimum absolute atomic E-state index is 0.0244. The summed E-state index contributed by atoms with van der Waals surface area (Å²) in [5.41, 5.74) is -0.0244. The summed E-state index contributed by atoms with van der Waals surface area (Å²) in [6.07, 6.45) is 2.09. The molecule has 0 fully saturated rings. The van der Waals surface area contributed by atoms with E-state index in [2.05, 4.69) is 4.74 Å². The van der Waals surface area contributed by atoms with E-state index in [1.54, 1.807) is 13.0 Å². The third-order valence-corrected chi connectivity index (χ3v) is 1.79. The first-order valence-corrected chi connectivity index (χ1v) is 4.52. The lowest BCUT2D eigenvalue weighted by Gasteiger charge is -2.01. The van der Waals surface area contributed by atoms with Crippen molar-refractivity contribution < 1.29 is 9.53 Å². The van der Waals surface area contributed by atoms with Crippen molar-refractivity contribution in [1.82, 2.24) is 0 Å². The van der Waals surface area contributed by atoms with Gasteiger partial charge in [0.2, 0.25) is 0 Å². The van der Waals surface area contributed by atoms with Gasteiger partial charge >= 0.3 is 5.97 Å². The van der Waals surface area contributed by atoms with E-state index in [0.29, 0.717) is 6.42 Å². The maximum Gasteiger partial charge on any atom is 0.348 e. The third-order valence-electron chi connectivity index (χ3n) is 1.35. The van der Waals surface area contributed by atoms with Crippen LogP contribution in [0.15, 0.2) is 11.6 Å². The summed E-state index contributed by atoms with van der Waals surface area (Å²) in [5, 5.41) is 8.30. The number of carbonyl (C=O) groups is 1. The summed E-state index contributed by atoms with van der Waals surface area (Å²) in [4.78, 5) is 11.1. The van der Waals surface area contributed by atoms with Crippen LogP contribution < -0.4 is 0 Å². The van der Waals surface area contributed by atoms with Crippen molar-refractivity contribution in [1.29, 1.82) is 5.26 Å². The van der Waals surface area contributed by atoms with Gasteiger partial charge in [0.25, 0.3) is 0 Å². The molecule has 0 bridgehead atoms. The van der Waals surface area contributed by atoms with Crippen molar-refractivity contribution in [3.05, 3.63) is 11.6 Å². The predicted molar refractivity (Wildman–Crippen MR) is 50.3 cm³/mol. The Morgan fingerprint density at radius 2 is 2.31 bits per heavy atom. The van der Waals surface area contributed by atoms with E-state index < -0.39 is 5.97 Å². The highest BCUT2D eigenvalue weighted by atomic mass is 35.5. The van der Waals surface area contributed by atoms with Gasteiger partial charge in [-0.3, -0.25) is 0 Å². The van der Waals surface area contributed by atoms with Crippen LogP contribution in [0.2, 0.25) is 0 Å². The molecule has 0 aromatic rings. The summed E-state index contributed by atoms with van der Waals surface area (Å²) in [7, 11) is 0. The average Bonchev–Trinajstić information content (AvgIpc) is 2.14. The molecule has 0 rings (SSSR count). The van der Waals surface area contributed by atoms with Crippen molar-refractivity contribution >= 4 is 17.6 Å². The number of allylic oxidation sites excluding steroid dienone is 1. The highest BCUT2D eigenvalue weighted by Gasteiger charge is 2.11. The summed E-state index contributed by atoms with van der Waals surface area (Å²) in [6.45, 7) is 3.82. The monoisotopic (exact) mass is 201 g/mol. The van der Waals surface area contributed by atoms with Crippen LogP contribution in [-0.2, 0) is 9.53 Å². The molecule has 0 heterocycles. The second-order valence-corrected chi connectivity index (χ2v) is 2.90. The lowest BCUT2D eigenvalue weighted by Crippen LogP contribution is -2.08. The molecule has 0 saturated heterocycles. The molecule has 0 aliphatic heterocycles. The summed E-state index contributed by atoms with van der Waals surface area (Å²) in [6, 6.07) is 1.75. The van der Waals surface area contributed by atoms with Gasteiger partial charge in [0.05, 0.1) is 12.0 Å². The fraction of sp³-hybridized carbons (Fsp3) is 0.556. The summed E-state index contributed by atoms with van der Waals surface area (Å²) >= 11 is 5.75. The Morgan fingerprint density at radius 1 is 1.69 bits per heavy atom. The topological polar surface area (TPSA) is 50.1 Å². The zero-order valence-electron chi connectivity index (χ0n) is 7.71. The summed E-state index contributed by atoms with van der Waals surface area (Å²) < 4.78 is 4.65. The highest BCUT2D eigenvalue weighted by Crippen LogP contribution is 2.07. The number of rotatable bonds is 4. The van der Waals surface area contributed by atoms with E-state index in [1.807, 2.05) is 6.92 Å². The van der Waals surface area contributed by atoms with Gasteiger partial charge in [-0.1, -0.05) is 6.92 Å². The molecular weight excluding hydrogens is 190 g/mol. The fourth-order valence-corrected chi connectivity index (χ4v) is 0.784. The Kier molecular flexibility index (Phi) is 5.99. The maximum absolute atomic E-state index is 11.1. The van der Waals surface area contributed by atoms with Crippen LogP contribution in [0.5, 0.6) is 0 Å². The van der Waals surface area contributed by atoms with Gasteiger partial charge in [0.1, 0.15) is 11.6 Å². The molecule has 0 N–H and O–H groups in total. The van der Waals surface area contributed by atoms with E-state index in [0.717, 1.165) is 0 Å². The van der Waals surface area contributed by atoms with Gasteiger partial charge in [-0.25, -0.2) is 4.79 Å². The SMILES string of the molecule is CCOC(=O)/C(C#N)=C/C(Cl)CC. The Labute approximate surface area is 82.9 Å². The molecule has 0 aromatic carbocycles. The molecule has 1 atom stereocenters. The molecule has 72 valence electrons. The lowest BCUT2D eigenvalue weighted by atomic mass is 10.2. The minimum atomic E-state index is -0.607. The minimum Gasteiger partial charge on any atom is -0.462 e. The number of hydrogen-bond acceptors (Lipinski definition) is 3. The Bertz CT molecular complexity index is 242. The van der Waals surface area contributed by atoms with Crippen molar-refractivity contribution in [3.63, 3.8) is 0 Å². The van der Waals surface area contributed by atoms with Crippen LogP contribution in [0.25, 0.3) is 0 Å². The molecule has 13 heavy (non-hydrogen) atoms. The molecule has 0 aliphatic rings. The van der Waals surface area contributed by atoms with Crippen molar-refractivity contribution in [2.24, 2.45) is 0 Å². The average molecular weight is 202 g/mol. The molecule has 0 saturated carbocycles. The van der Waals surface area contributed by atoms with Crippen molar-refractivity contribution in [2.45, 2.75) is 25.6 Å². The molecule has 0 spiro atoms. The maximum atomic E-state index is 11.1. The second kappa shape index (κ2) is 6.50. The van der Waals surface area contributed by atoms with E-state index in [4.69, 9.17) is 16.9 Å². The molecule has 4 heteroatoms. The number of carbonyl (C=O) groups excluding carboxylic acids is 1. The van der Waals surface area contributed by atoms with Gasteiger partial charge in [0, 0.05) is 0 Å². The molecule has 0 aliphatic carbocycles. The van der Waals surface area contributed by atoms with Crippen LogP contribution in [0, 0.1) is 11.3 Å². The van der Waals surface area contributed by atoms with Gasteiger partial charge in [-0.2, -0.15) is 5.26 Å². The van der Waals surface area contributed by atoms with Crippen molar-refractivity contribution in [3.8, 4) is 6.07 Å². The van der Waals surface area contributed by atoms with E-state index >= 15 is 0 Å². The normalized spacial score (nSPS) is 13.2. The molecular formula is C9H12ClNO2. The van der Waals surface area contributed by atoms with E-state index in [-0.39, 0.29) is 17.6 Å². The number of esters is 1. The van der Waals surface area contributed by atoms with Crippen molar-refractivity contribution in [2.75, 3.05) is 6.61 Å². The van der Waals surface area contributed by atoms with Crippen LogP contribution in [0.3, 0.4) is 0 Å². The predicted octanol–water partition coefficient (Wildman–Crippen LogP) is 2.02. The Balaban J connectivity index is 4.43. The summed E-state index contributed by atoms with van der Waals surface area (Å²) in [5.74, 6) is -0.607. The van der Waals surface area contributed by atoms with Gasteiger partial charge in [-0.15, -0.1) is 11.6 Å². The van der Waals surface area contributed by atoms with Gasteiger partial charge in [0.15, 0.2) is 0 Å². The standard InChI is InChI=1S/C9H12ClNO2/c1-3-8(10)5-7(6-11)9(12)13-4-2/h5,8H,3-4H2,1-2H3/b7-5+. The largest absolute Gasteiger partial charge is 0.462 e. The third kappa shape index (κ3) is 4.54. The first kappa shape index (κ1) is 12.0. The van der Waals surface area contributed by atoms with Crippen LogP contribution in [0.1, 0.15) is 20.3 Å². The van der Waals surface area contributed by atoms with E-state index in [9.17, 15) is 4.79 Å². The zero-order chi connectivity index (χ0) is 10.3. The first-order chi connectivity index (χ1) is 6.15. The molecule has 0 amide bonds. The van der Waals surface area contributed by atoms with Crippen LogP contribution in [0.4, 0.5) is 0 Å².